The first kappa shape index (κ1) is 17.5. The zero-order chi connectivity index (χ0) is 17.0. The van der Waals surface area contributed by atoms with E-state index in [1.165, 1.54) is 27.8 Å². The van der Waals surface area contributed by atoms with Gasteiger partial charge in [0, 0.05) is 0 Å². The molecular formula is C23H30. The third-order valence-electron chi connectivity index (χ3n) is 4.78. The Morgan fingerprint density at radius 2 is 1.87 bits per heavy atom. The lowest BCUT2D eigenvalue weighted by atomic mass is 9.73. The summed E-state index contributed by atoms with van der Waals surface area (Å²) in [5, 5.41) is 0. The van der Waals surface area contributed by atoms with Gasteiger partial charge in [-0.15, -0.1) is 0 Å². The van der Waals surface area contributed by atoms with Gasteiger partial charge in [0.1, 0.15) is 0 Å². The molecule has 1 atom stereocenters. The van der Waals surface area contributed by atoms with Crippen molar-refractivity contribution in [3.63, 3.8) is 0 Å². The Bertz CT molecular complexity index is 642. The number of hydrogen-bond donors (Lipinski definition) is 0. The summed E-state index contributed by atoms with van der Waals surface area (Å²) in [6.45, 7) is 15.2. The maximum atomic E-state index is 3.87. The number of benzene rings is 1. The van der Waals surface area contributed by atoms with Gasteiger partial charge in [-0.3, -0.25) is 0 Å². The van der Waals surface area contributed by atoms with E-state index in [2.05, 4.69) is 83.7 Å². The molecule has 0 bridgehead atoms. The summed E-state index contributed by atoms with van der Waals surface area (Å²) in [5.74, 6) is 0.609. The molecule has 0 fully saturated rings. The highest BCUT2D eigenvalue weighted by Gasteiger charge is 2.26. The van der Waals surface area contributed by atoms with Crippen LogP contribution >= 0.6 is 0 Å². The third kappa shape index (κ3) is 4.58. The van der Waals surface area contributed by atoms with Crippen LogP contribution in [0.5, 0.6) is 0 Å². The van der Waals surface area contributed by atoms with Gasteiger partial charge in [-0.25, -0.2) is 0 Å². The van der Waals surface area contributed by atoms with Crippen molar-refractivity contribution >= 4 is 5.57 Å². The molecule has 0 heteroatoms. The van der Waals surface area contributed by atoms with E-state index < -0.39 is 0 Å². The van der Waals surface area contributed by atoms with Crippen LogP contribution in [0.15, 0.2) is 66.3 Å². The van der Waals surface area contributed by atoms with Crippen LogP contribution < -0.4 is 0 Å². The zero-order valence-corrected chi connectivity index (χ0v) is 15.3. The Balaban J connectivity index is 2.19. The molecule has 1 aliphatic rings. The zero-order valence-electron chi connectivity index (χ0n) is 15.3. The normalized spacial score (nSPS) is 19.2. The largest absolute Gasteiger partial charge is 0.0988 e. The quantitative estimate of drug-likeness (QED) is 0.539. The monoisotopic (exact) mass is 306 g/mol. The van der Waals surface area contributed by atoms with Gasteiger partial charge in [0.05, 0.1) is 0 Å². The molecule has 0 radical (unpaired) electrons. The molecule has 0 heterocycles. The van der Waals surface area contributed by atoms with Gasteiger partial charge in [0.15, 0.2) is 0 Å². The fourth-order valence-electron chi connectivity index (χ4n) is 3.12. The average Bonchev–Trinajstić information content (AvgIpc) is 2.51. The lowest BCUT2D eigenvalue weighted by Crippen LogP contribution is -2.20. The molecule has 0 spiro atoms. The molecule has 0 nitrogen and oxygen atoms in total. The molecule has 0 N–H and O–H groups in total. The predicted octanol–water partition coefficient (Wildman–Crippen LogP) is 6.76. The van der Waals surface area contributed by atoms with Crippen LogP contribution in [-0.4, -0.2) is 0 Å². The molecule has 0 aromatic heterocycles. The Morgan fingerprint density at radius 3 is 2.39 bits per heavy atom. The lowest BCUT2D eigenvalue weighted by Gasteiger charge is -2.32. The fourth-order valence-corrected chi connectivity index (χ4v) is 3.12. The van der Waals surface area contributed by atoms with E-state index >= 15 is 0 Å². The van der Waals surface area contributed by atoms with Crippen LogP contribution in [-0.2, 0) is 6.42 Å². The van der Waals surface area contributed by atoms with Crippen LogP contribution in [0.4, 0.5) is 0 Å². The molecule has 122 valence electrons. The molecule has 0 amide bonds. The van der Waals surface area contributed by atoms with E-state index in [9.17, 15) is 0 Å². The van der Waals surface area contributed by atoms with Crippen molar-refractivity contribution in [1.29, 1.82) is 0 Å². The van der Waals surface area contributed by atoms with Crippen molar-refractivity contribution in [2.45, 2.75) is 47.5 Å². The predicted molar refractivity (Wildman–Crippen MR) is 103 cm³/mol. The van der Waals surface area contributed by atoms with E-state index in [0.717, 1.165) is 12.8 Å². The first-order valence-electron chi connectivity index (χ1n) is 8.59. The van der Waals surface area contributed by atoms with Gasteiger partial charge in [-0.2, -0.15) is 0 Å². The van der Waals surface area contributed by atoms with E-state index in [1.54, 1.807) is 0 Å². The SMILES string of the molecule is C=C/C(=C\C)Cc1ccc(C2=CC(C)=CC(C(C)(C)C)C2)cc1. The molecule has 1 unspecified atom stereocenters. The third-order valence-corrected chi connectivity index (χ3v) is 4.78. The second kappa shape index (κ2) is 7.17. The van der Waals surface area contributed by atoms with Crippen molar-refractivity contribution in [1.82, 2.24) is 0 Å². The highest BCUT2D eigenvalue weighted by Crippen LogP contribution is 2.39. The summed E-state index contributed by atoms with van der Waals surface area (Å²) < 4.78 is 0. The highest BCUT2D eigenvalue weighted by molar-refractivity contribution is 5.70. The van der Waals surface area contributed by atoms with Gasteiger partial charge in [0.25, 0.3) is 0 Å². The molecular weight excluding hydrogens is 276 g/mol. The minimum atomic E-state index is 0.311. The molecule has 23 heavy (non-hydrogen) atoms. The number of rotatable bonds is 4. The summed E-state index contributed by atoms with van der Waals surface area (Å²) in [6, 6.07) is 9.05. The molecule has 0 saturated carbocycles. The van der Waals surface area contributed by atoms with Crippen molar-refractivity contribution in [3.8, 4) is 0 Å². The summed E-state index contributed by atoms with van der Waals surface area (Å²) in [5.41, 5.74) is 7.14. The van der Waals surface area contributed by atoms with Gasteiger partial charge >= 0.3 is 0 Å². The van der Waals surface area contributed by atoms with Gasteiger partial charge < -0.3 is 0 Å². The van der Waals surface area contributed by atoms with Crippen molar-refractivity contribution in [3.05, 3.63) is 77.4 Å². The molecule has 1 aliphatic carbocycles. The summed E-state index contributed by atoms with van der Waals surface area (Å²) in [6.07, 6.45) is 10.9. The maximum Gasteiger partial charge on any atom is -0.00292 e. The Hall–Kier alpha value is -1.82. The van der Waals surface area contributed by atoms with E-state index in [0.29, 0.717) is 11.3 Å². The molecule has 0 aliphatic heterocycles. The maximum absolute atomic E-state index is 3.87. The summed E-state index contributed by atoms with van der Waals surface area (Å²) in [4.78, 5) is 0. The number of hydrogen-bond acceptors (Lipinski definition) is 0. The number of allylic oxidation sites excluding steroid dienone is 7. The first-order chi connectivity index (χ1) is 10.8. The average molecular weight is 306 g/mol. The summed E-state index contributed by atoms with van der Waals surface area (Å²) >= 11 is 0. The second-order valence-electron chi connectivity index (χ2n) is 7.70. The van der Waals surface area contributed by atoms with Crippen LogP contribution in [0.1, 0.15) is 52.2 Å². The lowest BCUT2D eigenvalue weighted by molar-refractivity contribution is 0.295. The minimum absolute atomic E-state index is 0.311. The molecule has 2 rings (SSSR count). The molecule has 1 aromatic carbocycles. The van der Waals surface area contributed by atoms with Crippen molar-refractivity contribution in [2.24, 2.45) is 11.3 Å². The van der Waals surface area contributed by atoms with E-state index in [1.807, 2.05) is 6.08 Å². The Labute approximate surface area is 142 Å². The Morgan fingerprint density at radius 1 is 1.22 bits per heavy atom. The highest BCUT2D eigenvalue weighted by atomic mass is 14.3. The Kier molecular flexibility index (Phi) is 5.46. The smallest absolute Gasteiger partial charge is 0.00292 e. The van der Waals surface area contributed by atoms with Gasteiger partial charge in [-0.1, -0.05) is 81.5 Å². The van der Waals surface area contributed by atoms with E-state index in [4.69, 9.17) is 0 Å². The standard InChI is InChI=1S/C23H30/c1-7-18(8-2)15-19-9-11-20(12-10-19)21-13-17(3)14-22(16-21)23(4,5)6/h7-14,22H,1,15-16H2,2-6H3/b18-8+. The van der Waals surface area contributed by atoms with Crippen molar-refractivity contribution < 1.29 is 0 Å². The van der Waals surface area contributed by atoms with Crippen molar-refractivity contribution in [2.75, 3.05) is 0 Å². The minimum Gasteiger partial charge on any atom is -0.0988 e. The van der Waals surface area contributed by atoms with Crippen LogP contribution in [0, 0.1) is 11.3 Å². The van der Waals surface area contributed by atoms with Crippen LogP contribution in [0.2, 0.25) is 0 Å². The fraction of sp³-hybridized carbons (Fsp3) is 0.391. The molecule has 1 aromatic rings. The van der Waals surface area contributed by atoms with E-state index in [-0.39, 0.29) is 0 Å². The molecule has 0 saturated heterocycles. The summed E-state index contributed by atoms with van der Waals surface area (Å²) in [7, 11) is 0. The first-order valence-corrected chi connectivity index (χ1v) is 8.59. The van der Waals surface area contributed by atoms with Crippen LogP contribution in [0.3, 0.4) is 0 Å². The van der Waals surface area contributed by atoms with Gasteiger partial charge in [0.2, 0.25) is 0 Å². The van der Waals surface area contributed by atoms with Crippen LogP contribution in [0.25, 0.3) is 5.57 Å². The second-order valence-corrected chi connectivity index (χ2v) is 7.70. The van der Waals surface area contributed by atoms with Gasteiger partial charge in [-0.05, 0) is 60.3 Å². The topological polar surface area (TPSA) is 0 Å².